The summed E-state index contributed by atoms with van der Waals surface area (Å²) in [4.78, 5) is 24.5. The summed E-state index contributed by atoms with van der Waals surface area (Å²) in [6, 6.07) is 20.0. The van der Waals surface area contributed by atoms with E-state index in [1.54, 1.807) is 43.3 Å². The van der Waals surface area contributed by atoms with Gasteiger partial charge in [0.2, 0.25) is 0 Å². The molecule has 0 saturated heterocycles. The molecule has 3 rings (SSSR count). The molecule has 0 saturated carbocycles. The van der Waals surface area contributed by atoms with Crippen LogP contribution in [-0.4, -0.2) is 18.5 Å². The standard InChI is InChI=1S/C26H20BrFN2O3/c1-2-33-26(32)17-8-11-23(12-9-17)30-25(31)21(16-29)14-20-15-22(27)10-7-18(20)13-19-5-3-4-6-24(19)28/h3-12,14-15H,2,13H2,1H3,(H,30,31)/b21-14+. The van der Waals surface area contributed by atoms with Crippen LogP contribution in [0.3, 0.4) is 0 Å². The van der Waals surface area contributed by atoms with Gasteiger partial charge in [0, 0.05) is 16.6 Å². The summed E-state index contributed by atoms with van der Waals surface area (Å²) in [6.45, 7) is 1.98. The molecule has 0 bridgehead atoms. The third kappa shape index (κ3) is 6.37. The molecule has 0 aliphatic heterocycles. The van der Waals surface area contributed by atoms with Crippen molar-refractivity contribution >= 4 is 39.6 Å². The molecule has 0 radical (unpaired) electrons. The number of halogens is 2. The summed E-state index contributed by atoms with van der Waals surface area (Å²) in [5.74, 6) is -1.37. The lowest BCUT2D eigenvalue weighted by molar-refractivity contribution is -0.112. The van der Waals surface area contributed by atoms with Gasteiger partial charge >= 0.3 is 5.97 Å². The van der Waals surface area contributed by atoms with E-state index in [1.807, 2.05) is 18.2 Å². The second-order valence-electron chi connectivity index (χ2n) is 7.03. The summed E-state index contributed by atoms with van der Waals surface area (Å²) in [7, 11) is 0. The van der Waals surface area contributed by atoms with Crippen LogP contribution in [0.1, 0.15) is 34.0 Å². The second kappa shape index (κ2) is 11.2. The molecule has 0 spiro atoms. The van der Waals surface area contributed by atoms with E-state index in [0.29, 0.717) is 28.8 Å². The third-order valence-electron chi connectivity index (χ3n) is 4.77. The van der Waals surface area contributed by atoms with Gasteiger partial charge in [-0.2, -0.15) is 5.26 Å². The maximum Gasteiger partial charge on any atom is 0.338 e. The molecule has 0 aromatic heterocycles. The number of nitriles is 1. The molecule has 0 heterocycles. The van der Waals surface area contributed by atoms with Crippen LogP contribution in [0.4, 0.5) is 10.1 Å². The predicted molar refractivity (Wildman–Crippen MR) is 128 cm³/mol. The maximum absolute atomic E-state index is 14.1. The van der Waals surface area contributed by atoms with E-state index < -0.39 is 11.9 Å². The van der Waals surface area contributed by atoms with Gasteiger partial charge in [0.25, 0.3) is 5.91 Å². The number of carbonyl (C=O) groups is 2. The van der Waals surface area contributed by atoms with Gasteiger partial charge in [0.1, 0.15) is 17.5 Å². The summed E-state index contributed by atoms with van der Waals surface area (Å²) in [6.07, 6.45) is 1.78. The van der Waals surface area contributed by atoms with Crippen LogP contribution in [0.2, 0.25) is 0 Å². The Hall–Kier alpha value is -3.76. The van der Waals surface area contributed by atoms with Crippen LogP contribution in [0.25, 0.3) is 6.08 Å². The predicted octanol–water partition coefficient (Wildman–Crippen LogP) is 5.90. The molecule has 3 aromatic carbocycles. The molecule has 1 N–H and O–H groups in total. The lowest BCUT2D eigenvalue weighted by Crippen LogP contribution is -2.14. The number of nitrogens with one attached hydrogen (secondary N) is 1. The van der Waals surface area contributed by atoms with Crippen molar-refractivity contribution < 1.29 is 18.7 Å². The SMILES string of the molecule is CCOC(=O)c1ccc(NC(=O)/C(C#N)=C/c2cc(Br)ccc2Cc2ccccc2F)cc1. The fraction of sp³-hybridized carbons (Fsp3) is 0.115. The van der Waals surface area contributed by atoms with Gasteiger partial charge in [0.15, 0.2) is 0 Å². The van der Waals surface area contributed by atoms with Crippen molar-refractivity contribution in [3.8, 4) is 6.07 Å². The highest BCUT2D eigenvalue weighted by Crippen LogP contribution is 2.23. The van der Waals surface area contributed by atoms with Crippen LogP contribution in [0, 0.1) is 17.1 Å². The molecule has 3 aromatic rings. The number of benzene rings is 3. The first-order valence-electron chi connectivity index (χ1n) is 10.1. The number of nitrogens with zero attached hydrogens (tertiary/aromatic N) is 1. The molecule has 1 amide bonds. The monoisotopic (exact) mass is 506 g/mol. The molecule has 5 nitrogen and oxygen atoms in total. The summed E-state index contributed by atoms with van der Waals surface area (Å²) < 4.78 is 19.8. The largest absolute Gasteiger partial charge is 0.462 e. The number of rotatable bonds is 7. The molecule has 0 aliphatic carbocycles. The molecule has 166 valence electrons. The Kier molecular flexibility index (Phi) is 8.11. The fourth-order valence-electron chi connectivity index (χ4n) is 3.11. The number of carbonyl (C=O) groups excluding carboxylic acids is 2. The zero-order chi connectivity index (χ0) is 23.8. The minimum Gasteiger partial charge on any atom is -0.462 e. The highest BCUT2D eigenvalue weighted by molar-refractivity contribution is 9.10. The molecular formula is C26H20BrFN2O3. The summed E-state index contributed by atoms with van der Waals surface area (Å²) in [5.41, 5.74) is 2.57. The lowest BCUT2D eigenvalue weighted by atomic mass is 9.98. The number of hydrogen-bond donors (Lipinski definition) is 1. The van der Waals surface area contributed by atoms with Crippen molar-refractivity contribution in [2.24, 2.45) is 0 Å². The number of hydrogen-bond acceptors (Lipinski definition) is 4. The first-order valence-corrected chi connectivity index (χ1v) is 10.9. The van der Waals surface area contributed by atoms with Gasteiger partial charge in [0.05, 0.1) is 12.2 Å². The normalized spacial score (nSPS) is 10.9. The van der Waals surface area contributed by atoms with Crippen molar-refractivity contribution in [1.29, 1.82) is 5.26 Å². The highest BCUT2D eigenvalue weighted by atomic mass is 79.9. The summed E-state index contributed by atoms with van der Waals surface area (Å²) >= 11 is 3.40. The summed E-state index contributed by atoms with van der Waals surface area (Å²) in [5, 5.41) is 12.2. The van der Waals surface area contributed by atoms with Crippen molar-refractivity contribution in [2.75, 3.05) is 11.9 Å². The Labute approximate surface area is 199 Å². The fourth-order valence-corrected chi connectivity index (χ4v) is 3.49. The molecular weight excluding hydrogens is 487 g/mol. The number of ether oxygens (including phenoxy) is 1. The van der Waals surface area contributed by atoms with E-state index in [4.69, 9.17) is 4.74 Å². The minimum absolute atomic E-state index is 0.114. The quantitative estimate of drug-likeness (QED) is 0.245. The Morgan fingerprint density at radius 2 is 1.82 bits per heavy atom. The van der Waals surface area contributed by atoms with Crippen LogP contribution >= 0.6 is 15.9 Å². The maximum atomic E-state index is 14.1. The number of amides is 1. The van der Waals surface area contributed by atoms with E-state index in [9.17, 15) is 19.2 Å². The number of esters is 1. The molecule has 0 fully saturated rings. The van der Waals surface area contributed by atoms with Crippen LogP contribution < -0.4 is 5.32 Å². The van der Waals surface area contributed by atoms with E-state index in [2.05, 4.69) is 21.2 Å². The van der Waals surface area contributed by atoms with Crippen molar-refractivity contribution in [2.45, 2.75) is 13.3 Å². The lowest BCUT2D eigenvalue weighted by Gasteiger charge is -2.10. The molecule has 0 atom stereocenters. The van der Waals surface area contributed by atoms with Gasteiger partial charge in [-0.1, -0.05) is 40.2 Å². The molecule has 33 heavy (non-hydrogen) atoms. The van der Waals surface area contributed by atoms with Crippen molar-refractivity contribution in [3.05, 3.63) is 105 Å². The Balaban J connectivity index is 1.83. The first kappa shape index (κ1) is 23.9. The Morgan fingerprint density at radius 1 is 1.09 bits per heavy atom. The van der Waals surface area contributed by atoms with E-state index in [0.717, 1.165) is 10.0 Å². The third-order valence-corrected chi connectivity index (χ3v) is 5.26. The topological polar surface area (TPSA) is 79.2 Å². The van der Waals surface area contributed by atoms with Gasteiger partial charge in [-0.3, -0.25) is 4.79 Å². The Bertz CT molecular complexity index is 1250. The number of anilines is 1. The van der Waals surface area contributed by atoms with Gasteiger partial charge < -0.3 is 10.1 Å². The molecule has 0 unspecified atom stereocenters. The van der Waals surface area contributed by atoms with Crippen molar-refractivity contribution in [3.63, 3.8) is 0 Å². The van der Waals surface area contributed by atoms with Crippen LogP contribution in [-0.2, 0) is 16.0 Å². The zero-order valence-electron chi connectivity index (χ0n) is 17.8. The van der Waals surface area contributed by atoms with Gasteiger partial charge in [-0.15, -0.1) is 0 Å². The van der Waals surface area contributed by atoms with Crippen molar-refractivity contribution in [1.82, 2.24) is 0 Å². The first-order chi connectivity index (χ1) is 15.9. The Morgan fingerprint density at radius 3 is 2.48 bits per heavy atom. The zero-order valence-corrected chi connectivity index (χ0v) is 19.4. The van der Waals surface area contributed by atoms with E-state index >= 15 is 0 Å². The van der Waals surface area contributed by atoms with Gasteiger partial charge in [-0.05, 0) is 72.2 Å². The molecule has 7 heteroatoms. The second-order valence-corrected chi connectivity index (χ2v) is 7.95. The average Bonchev–Trinajstić information content (AvgIpc) is 2.81. The minimum atomic E-state index is -0.599. The van der Waals surface area contributed by atoms with E-state index in [-0.39, 0.29) is 18.0 Å². The van der Waals surface area contributed by atoms with Crippen LogP contribution in [0.15, 0.2) is 76.8 Å². The van der Waals surface area contributed by atoms with Crippen LogP contribution in [0.5, 0.6) is 0 Å². The van der Waals surface area contributed by atoms with Gasteiger partial charge in [-0.25, -0.2) is 9.18 Å². The average molecular weight is 507 g/mol. The highest BCUT2D eigenvalue weighted by Gasteiger charge is 2.13. The molecule has 0 aliphatic rings. The van der Waals surface area contributed by atoms with E-state index in [1.165, 1.54) is 24.3 Å². The smallest absolute Gasteiger partial charge is 0.338 e.